The second kappa shape index (κ2) is 6.50. The molecule has 3 aromatic carbocycles. The summed E-state index contributed by atoms with van der Waals surface area (Å²) in [6, 6.07) is 29.4. The molecule has 2 atom stereocenters. The summed E-state index contributed by atoms with van der Waals surface area (Å²) in [4.78, 5) is 10.1. The monoisotopic (exact) mass is 443 g/mol. The molecule has 0 fully saturated rings. The van der Waals surface area contributed by atoms with Crippen molar-refractivity contribution in [3.63, 3.8) is 0 Å². The van der Waals surface area contributed by atoms with E-state index in [2.05, 4.69) is 116 Å². The molecule has 9 rings (SSSR count). The molecular weight excluding hydrogens is 414 g/mol. The van der Waals surface area contributed by atoms with Crippen LogP contribution in [0, 0.1) is 12.3 Å². The van der Waals surface area contributed by atoms with E-state index in [4.69, 9.17) is 4.98 Å². The first-order valence-corrected chi connectivity index (χ1v) is 12.2. The summed E-state index contributed by atoms with van der Waals surface area (Å²) in [5.41, 5.74) is 10.2. The normalized spacial score (nSPS) is 23.1. The Labute approximate surface area is 201 Å². The van der Waals surface area contributed by atoms with Gasteiger partial charge in [0, 0.05) is 28.4 Å². The zero-order valence-electron chi connectivity index (χ0n) is 20.2. The van der Waals surface area contributed by atoms with E-state index in [9.17, 15) is 0 Å². The average molecular weight is 444 g/mol. The molecule has 3 nitrogen and oxygen atoms in total. The average Bonchev–Trinajstić information content (AvgIpc) is 3.18. The van der Waals surface area contributed by atoms with Gasteiger partial charge in [0.15, 0.2) is 5.82 Å². The van der Waals surface area contributed by atoms with E-state index in [0.717, 1.165) is 12.2 Å². The number of hydrogen-bond acceptors (Lipinski definition) is 3. The van der Waals surface area contributed by atoms with Gasteiger partial charge in [-0.2, -0.15) is 0 Å². The van der Waals surface area contributed by atoms with Crippen molar-refractivity contribution in [2.45, 2.75) is 45.7 Å². The topological polar surface area (TPSA) is 19.4 Å². The Hall–Kier alpha value is -3.59. The number of para-hydroxylation sites is 1. The van der Waals surface area contributed by atoms with Gasteiger partial charge in [-0.1, -0.05) is 69.3 Å². The number of aryl methyl sites for hydroxylation is 1. The standard InChI is InChI=1S/C31H29N3/c1-20-18-23-15-16-25(20)34-28-27(10-7-17-32-28)33-26-9-6-5-8-24(26)30(2,3)31(4,29(33)34)19-21-11-13-22(23)14-12-21/h5-18,29H,19H2,1-4H3. The summed E-state index contributed by atoms with van der Waals surface area (Å²) in [6.07, 6.45) is 3.02. The van der Waals surface area contributed by atoms with Crippen LogP contribution in [0.2, 0.25) is 0 Å². The van der Waals surface area contributed by atoms with Crippen LogP contribution in [-0.2, 0) is 11.8 Å². The van der Waals surface area contributed by atoms with E-state index >= 15 is 0 Å². The summed E-state index contributed by atoms with van der Waals surface area (Å²) < 4.78 is 0. The van der Waals surface area contributed by atoms with Crippen molar-refractivity contribution in [2.24, 2.45) is 5.41 Å². The van der Waals surface area contributed by atoms with Gasteiger partial charge in [-0.15, -0.1) is 0 Å². The first-order chi connectivity index (χ1) is 16.4. The van der Waals surface area contributed by atoms with Gasteiger partial charge in [0.2, 0.25) is 0 Å². The highest BCUT2D eigenvalue weighted by Gasteiger charge is 2.60. The molecule has 4 aromatic rings. The quantitative estimate of drug-likeness (QED) is 0.280. The van der Waals surface area contributed by atoms with Gasteiger partial charge in [0.25, 0.3) is 0 Å². The van der Waals surface area contributed by atoms with Crippen molar-refractivity contribution in [1.29, 1.82) is 0 Å². The zero-order valence-corrected chi connectivity index (χ0v) is 20.2. The first kappa shape index (κ1) is 19.8. The maximum atomic E-state index is 4.98. The van der Waals surface area contributed by atoms with Gasteiger partial charge in [-0.05, 0) is 71.5 Å². The fraction of sp³-hybridized carbons (Fsp3) is 0.258. The molecule has 0 saturated carbocycles. The lowest BCUT2D eigenvalue weighted by atomic mass is 9.56. The Bertz CT molecular complexity index is 1450. The molecule has 168 valence electrons. The van der Waals surface area contributed by atoms with Crippen LogP contribution in [0.1, 0.15) is 37.5 Å². The number of nitrogens with zero attached hydrogens (tertiary/aromatic N) is 3. The number of hydrogen-bond donors (Lipinski definition) is 0. The van der Waals surface area contributed by atoms with E-state index in [1.165, 1.54) is 44.9 Å². The molecule has 0 N–H and O–H groups in total. The largest absolute Gasteiger partial charge is 0.316 e. The van der Waals surface area contributed by atoms with Crippen molar-refractivity contribution < 1.29 is 0 Å². The summed E-state index contributed by atoms with van der Waals surface area (Å²) in [7, 11) is 0. The van der Waals surface area contributed by atoms with E-state index in [0.29, 0.717) is 0 Å². The molecule has 6 heterocycles. The van der Waals surface area contributed by atoms with E-state index in [1.807, 2.05) is 6.20 Å². The summed E-state index contributed by atoms with van der Waals surface area (Å²) in [5.74, 6) is 1.05. The molecule has 0 radical (unpaired) electrons. The first-order valence-electron chi connectivity index (χ1n) is 12.2. The van der Waals surface area contributed by atoms with Crippen LogP contribution >= 0.6 is 0 Å². The van der Waals surface area contributed by atoms with Gasteiger partial charge in [0.05, 0.1) is 5.69 Å². The lowest BCUT2D eigenvalue weighted by molar-refractivity contribution is 0.121. The number of rotatable bonds is 0. The van der Waals surface area contributed by atoms with E-state index in [-0.39, 0.29) is 17.0 Å². The minimum absolute atomic E-state index is 0.0678. The highest BCUT2D eigenvalue weighted by atomic mass is 15.5. The van der Waals surface area contributed by atoms with E-state index in [1.54, 1.807) is 0 Å². The van der Waals surface area contributed by atoms with Crippen molar-refractivity contribution in [1.82, 2.24) is 4.98 Å². The maximum Gasteiger partial charge on any atom is 0.158 e. The lowest BCUT2D eigenvalue weighted by Gasteiger charge is -2.58. The second-order valence-corrected chi connectivity index (χ2v) is 10.9. The predicted octanol–water partition coefficient (Wildman–Crippen LogP) is 7.53. The Balaban J connectivity index is 1.62. The van der Waals surface area contributed by atoms with Gasteiger partial charge in [0.1, 0.15) is 6.17 Å². The molecule has 0 spiro atoms. The van der Waals surface area contributed by atoms with Crippen molar-refractivity contribution in [2.75, 3.05) is 9.80 Å². The van der Waals surface area contributed by atoms with Crippen molar-refractivity contribution in [3.8, 4) is 11.1 Å². The van der Waals surface area contributed by atoms with Crippen LogP contribution in [0.15, 0.2) is 85.1 Å². The molecule has 0 aliphatic carbocycles. The number of benzene rings is 3. The van der Waals surface area contributed by atoms with Crippen LogP contribution in [0.5, 0.6) is 0 Å². The van der Waals surface area contributed by atoms with Gasteiger partial charge < -0.3 is 9.80 Å². The Morgan fingerprint density at radius 2 is 1.50 bits per heavy atom. The van der Waals surface area contributed by atoms with E-state index < -0.39 is 0 Å². The third-order valence-electron chi connectivity index (χ3n) is 8.89. The van der Waals surface area contributed by atoms with Crippen LogP contribution < -0.4 is 9.80 Å². The van der Waals surface area contributed by atoms with Crippen LogP contribution in [0.4, 0.5) is 22.9 Å². The molecular formula is C31H29N3. The fourth-order valence-electron chi connectivity index (χ4n) is 6.70. The molecule has 1 aromatic heterocycles. The molecule has 34 heavy (non-hydrogen) atoms. The number of aromatic nitrogens is 1. The molecule has 3 heteroatoms. The molecule has 2 unspecified atom stereocenters. The summed E-state index contributed by atoms with van der Waals surface area (Å²) >= 11 is 0. The highest BCUT2D eigenvalue weighted by molar-refractivity contribution is 5.90. The smallest absolute Gasteiger partial charge is 0.158 e. The number of fused-ring (bicyclic) bond motifs is 6. The second-order valence-electron chi connectivity index (χ2n) is 10.9. The fourth-order valence-corrected chi connectivity index (χ4v) is 6.70. The predicted molar refractivity (Wildman–Crippen MR) is 140 cm³/mol. The molecule has 0 amide bonds. The SMILES string of the molecule is Cc1cc2ccc1N1c3ncccc3N3c4ccccc4C(C)(C)C(C)(Cc4ccc-2cc4)C31. The van der Waals surface area contributed by atoms with Gasteiger partial charge in [-0.3, -0.25) is 0 Å². The third kappa shape index (κ3) is 2.34. The van der Waals surface area contributed by atoms with Crippen LogP contribution in [0.25, 0.3) is 11.1 Å². The number of pyridine rings is 1. The Kier molecular flexibility index (Phi) is 3.80. The maximum absolute atomic E-state index is 4.98. The molecule has 0 saturated heterocycles. The zero-order chi connectivity index (χ0) is 23.2. The van der Waals surface area contributed by atoms with Crippen LogP contribution in [0.3, 0.4) is 0 Å². The highest BCUT2D eigenvalue weighted by Crippen LogP contribution is 2.63. The van der Waals surface area contributed by atoms with Gasteiger partial charge in [-0.25, -0.2) is 4.98 Å². The number of anilines is 4. The van der Waals surface area contributed by atoms with Crippen molar-refractivity contribution in [3.05, 3.63) is 102 Å². The van der Waals surface area contributed by atoms with Crippen LogP contribution in [-0.4, -0.2) is 11.1 Å². The Morgan fingerprint density at radius 1 is 0.765 bits per heavy atom. The summed E-state index contributed by atoms with van der Waals surface area (Å²) in [6.45, 7) is 9.61. The molecule has 4 bridgehead atoms. The minimum atomic E-state index is -0.103. The molecule has 5 aliphatic rings. The molecule has 5 aliphatic heterocycles. The third-order valence-corrected chi connectivity index (χ3v) is 8.89. The summed E-state index contributed by atoms with van der Waals surface area (Å²) in [5, 5.41) is 0. The minimum Gasteiger partial charge on any atom is -0.316 e. The van der Waals surface area contributed by atoms with Crippen molar-refractivity contribution >= 4 is 22.9 Å². The lowest BCUT2D eigenvalue weighted by Crippen LogP contribution is -2.62. The Morgan fingerprint density at radius 3 is 2.29 bits per heavy atom. The van der Waals surface area contributed by atoms with Gasteiger partial charge >= 0.3 is 0 Å².